The summed E-state index contributed by atoms with van der Waals surface area (Å²) < 4.78 is 27.2. The summed E-state index contributed by atoms with van der Waals surface area (Å²) in [4.78, 5) is 28.1. The number of sulfonamides is 1. The minimum Gasteiger partial charge on any atom is -0.399 e. The van der Waals surface area contributed by atoms with Crippen molar-refractivity contribution in [2.45, 2.75) is 13.3 Å². The van der Waals surface area contributed by atoms with Gasteiger partial charge in [0.15, 0.2) is 0 Å². The normalized spacial score (nSPS) is 12.3. The summed E-state index contributed by atoms with van der Waals surface area (Å²) in [5, 5.41) is 0.916. The summed E-state index contributed by atoms with van der Waals surface area (Å²) in [6.45, 7) is 2.11. The first kappa shape index (κ1) is 24.7. The fraction of sp³-hybridized carbons (Fsp3) is 0.154. The predicted molar refractivity (Wildman–Crippen MR) is 135 cm³/mol. The molecule has 0 fully saturated rings. The van der Waals surface area contributed by atoms with Crippen LogP contribution in [0.3, 0.4) is 0 Å². The van der Waals surface area contributed by atoms with E-state index in [9.17, 15) is 18.0 Å². The van der Waals surface area contributed by atoms with Gasteiger partial charge in [-0.2, -0.15) is 0 Å². The highest BCUT2D eigenvalue weighted by Crippen LogP contribution is 2.20. The van der Waals surface area contributed by atoms with E-state index in [1.54, 1.807) is 79.7 Å². The van der Waals surface area contributed by atoms with E-state index in [2.05, 4.69) is 0 Å². The highest BCUT2D eigenvalue weighted by Gasteiger charge is 2.33. The number of carbonyl (C=O) groups excluding carboxylic acids is 2. The molecule has 0 radical (unpaired) electrons. The molecule has 0 aromatic heterocycles. The van der Waals surface area contributed by atoms with Gasteiger partial charge >= 0.3 is 0 Å². The molecule has 176 valence electrons. The Kier molecular flexibility index (Phi) is 8.21. The van der Waals surface area contributed by atoms with Crippen LogP contribution >= 0.6 is 0 Å². The number of nitrogens with two attached hydrogens (primary N) is 1. The van der Waals surface area contributed by atoms with Crippen molar-refractivity contribution in [1.29, 1.82) is 0 Å². The van der Waals surface area contributed by atoms with Crippen LogP contribution in [0.5, 0.6) is 0 Å². The Bertz CT molecular complexity index is 1240. The maximum absolute atomic E-state index is 13.5. The summed E-state index contributed by atoms with van der Waals surface area (Å²) in [6, 6.07) is 24.5. The number of rotatable bonds is 9. The second-order valence-corrected chi connectivity index (χ2v) is 9.21. The van der Waals surface area contributed by atoms with Crippen molar-refractivity contribution in [1.82, 2.24) is 4.72 Å². The average Bonchev–Trinajstić information content (AvgIpc) is 2.84. The van der Waals surface area contributed by atoms with Crippen LogP contribution in [0.2, 0.25) is 0 Å². The van der Waals surface area contributed by atoms with E-state index in [1.807, 2.05) is 16.9 Å². The number of carbonyl (C=O) groups is 2. The third-order valence-electron chi connectivity index (χ3n) is 5.17. The van der Waals surface area contributed by atoms with Crippen LogP contribution < -0.4 is 15.4 Å². The quantitative estimate of drug-likeness (QED) is 0.362. The van der Waals surface area contributed by atoms with Crippen LogP contribution in [-0.2, 0) is 26.0 Å². The van der Waals surface area contributed by atoms with Gasteiger partial charge in [-0.1, -0.05) is 60.7 Å². The molecular weight excluding hydrogens is 450 g/mol. The molecule has 3 N–H and O–H groups in total. The maximum atomic E-state index is 13.5. The number of hydrogen-bond acceptors (Lipinski definition) is 5. The molecular formula is C26H27N3O4S. The van der Waals surface area contributed by atoms with Crippen LogP contribution in [0, 0.1) is 5.92 Å². The third-order valence-corrected chi connectivity index (χ3v) is 6.15. The number of nitrogen functional groups attached to an aromatic ring is 1. The van der Waals surface area contributed by atoms with E-state index < -0.39 is 27.8 Å². The molecule has 0 bridgehead atoms. The summed E-state index contributed by atoms with van der Waals surface area (Å²) in [5.74, 6) is -2.65. The summed E-state index contributed by atoms with van der Waals surface area (Å²) in [6.07, 6.45) is 1.40. The lowest BCUT2D eigenvalue weighted by molar-refractivity contribution is -0.132. The topological polar surface area (TPSA) is 110 Å². The van der Waals surface area contributed by atoms with Crippen molar-refractivity contribution < 1.29 is 18.0 Å². The first-order valence-electron chi connectivity index (χ1n) is 10.8. The van der Waals surface area contributed by atoms with E-state index in [0.29, 0.717) is 29.0 Å². The predicted octanol–water partition coefficient (Wildman–Crippen LogP) is 3.60. The van der Waals surface area contributed by atoms with Crippen molar-refractivity contribution in [3.63, 3.8) is 0 Å². The van der Waals surface area contributed by atoms with Crippen molar-refractivity contribution in [3.8, 4) is 0 Å². The van der Waals surface area contributed by atoms with Crippen LogP contribution in [0.25, 0.3) is 6.08 Å². The van der Waals surface area contributed by atoms with Gasteiger partial charge in [0.2, 0.25) is 11.8 Å². The van der Waals surface area contributed by atoms with Crippen molar-refractivity contribution in [2.75, 3.05) is 17.2 Å². The molecule has 1 atom stereocenters. The summed E-state index contributed by atoms with van der Waals surface area (Å²) in [5.41, 5.74) is 8.26. The molecule has 2 amide bonds. The zero-order valence-electron chi connectivity index (χ0n) is 18.8. The Balaban J connectivity index is 1.87. The minimum atomic E-state index is -4.12. The lowest BCUT2D eigenvalue weighted by atomic mass is 9.96. The number of amides is 2. The van der Waals surface area contributed by atoms with Gasteiger partial charge in [-0.3, -0.25) is 9.59 Å². The SMILES string of the molecule is CCN(C(=O)C(Cc1ccc(N)cc1)C(=O)NS(=O)(=O)C=Cc1ccccc1)c1ccccc1. The smallest absolute Gasteiger partial charge is 0.257 e. The van der Waals surface area contributed by atoms with Crippen molar-refractivity contribution in [2.24, 2.45) is 5.92 Å². The number of nitrogens with zero attached hydrogens (tertiary/aromatic N) is 1. The van der Waals surface area contributed by atoms with E-state index in [1.165, 1.54) is 11.0 Å². The molecule has 0 saturated heterocycles. The number of anilines is 2. The molecule has 1 unspecified atom stereocenters. The first-order valence-corrected chi connectivity index (χ1v) is 12.3. The van der Waals surface area contributed by atoms with Gasteiger partial charge in [0.1, 0.15) is 5.92 Å². The average molecular weight is 478 g/mol. The Morgan fingerprint density at radius 1 is 0.941 bits per heavy atom. The van der Waals surface area contributed by atoms with Gasteiger partial charge < -0.3 is 10.6 Å². The highest BCUT2D eigenvalue weighted by molar-refractivity contribution is 7.93. The Morgan fingerprint density at radius 3 is 2.12 bits per heavy atom. The van der Waals surface area contributed by atoms with E-state index >= 15 is 0 Å². The van der Waals surface area contributed by atoms with Gasteiger partial charge in [-0.05, 0) is 54.8 Å². The molecule has 7 nitrogen and oxygen atoms in total. The van der Waals surface area contributed by atoms with Gasteiger partial charge in [0, 0.05) is 17.9 Å². The second kappa shape index (κ2) is 11.3. The molecule has 3 aromatic rings. The number of nitrogens with one attached hydrogen (secondary N) is 1. The molecule has 0 heterocycles. The van der Waals surface area contributed by atoms with E-state index in [0.717, 1.165) is 5.41 Å². The van der Waals surface area contributed by atoms with Crippen molar-refractivity contribution in [3.05, 3.63) is 101 Å². The second-order valence-electron chi connectivity index (χ2n) is 7.64. The Morgan fingerprint density at radius 2 is 1.53 bits per heavy atom. The molecule has 3 aromatic carbocycles. The monoisotopic (exact) mass is 477 g/mol. The largest absolute Gasteiger partial charge is 0.399 e. The fourth-order valence-corrected chi connectivity index (χ4v) is 4.25. The van der Waals surface area contributed by atoms with E-state index in [4.69, 9.17) is 5.73 Å². The zero-order chi connectivity index (χ0) is 24.6. The number of hydrogen-bond donors (Lipinski definition) is 2. The molecule has 0 aliphatic heterocycles. The van der Waals surface area contributed by atoms with E-state index in [-0.39, 0.29) is 6.42 Å². The Labute approximate surface area is 200 Å². The van der Waals surface area contributed by atoms with Crippen molar-refractivity contribution >= 4 is 39.3 Å². The summed E-state index contributed by atoms with van der Waals surface area (Å²) in [7, 11) is -4.12. The highest BCUT2D eigenvalue weighted by atomic mass is 32.2. The standard InChI is InChI=1S/C26H27N3O4S/c1-2-29(23-11-7-4-8-12-23)26(31)24(19-21-13-15-22(27)16-14-21)25(30)28-34(32,33)18-17-20-9-5-3-6-10-20/h3-18,24H,2,19,27H2,1H3,(H,28,30). The molecule has 0 spiro atoms. The fourth-order valence-electron chi connectivity index (χ4n) is 3.42. The molecule has 0 aliphatic rings. The molecule has 0 aliphatic carbocycles. The van der Waals surface area contributed by atoms with Crippen LogP contribution in [0.1, 0.15) is 18.1 Å². The lowest BCUT2D eigenvalue weighted by Gasteiger charge is -2.26. The first-order chi connectivity index (χ1) is 16.3. The lowest BCUT2D eigenvalue weighted by Crippen LogP contribution is -2.46. The Hall–Kier alpha value is -3.91. The number of para-hydroxylation sites is 1. The molecule has 8 heteroatoms. The maximum Gasteiger partial charge on any atom is 0.257 e. The molecule has 3 rings (SSSR count). The third kappa shape index (κ3) is 6.79. The zero-order valence-corrected chi connectivity index (χ0v) is 19.6. The summed E-state index contributed by atoms with van der Waals surface area (Å²) >= 11 is 0. The van der Waals surface area contributed by atoms with Crippen LogP contribution in [0.4, 0.5) is 11.4 Å². The number of benzene rings is 3. The molecule has 34 heavy (non-hydrogen) atoms. The van der Waals surface area contributed by atoms with Crippen LogP contribution in [-0.4, -0.2) is 26.8 Å². The van der Waals surface area contributed by atoms with Gasteiger partial charge in [0.05, 0.1) is 5.41 Å². The van der Waals surface area contributed by atoms with Gasteiger partial charge in [-0.25, -0.2) is 13.1 Å². The van der Waals surface area contributed by atoms with Crippen LogP contribution in [0.15, 0.2) is 90.3 Å². The molecule has 0 saturated carbocycles. The van der Waals surface area contributed by atoms with Gasteiger partial charge in [-0.15, -0.1) is 0 Å². The van der Waals surface area contributed by atoms with Gasteiger partial charge in [0.25, 0.3) is 10.0 Å². The minimum absolute atomic E-state index is 0.0200.